The molecule has 66 valence electrons. The second-order valence-electron chi connectivity index (χ2n) is 4.07. The quantitative estimate of drug-likeness (QED) is 0.618. The van der Waals surface area contributed by atoms with Gasteiger partial charge in [0.1, 0.15) is 0 Å². The number of nitrogens with two attached hydrogens (primary N) is 1. The van der Waals surface area contributed by atoms with Gasteiger partial charge in [-0.2, -0.15) is 0 Å². The van der Waals surface area contributed by atoms with Crippen LogP contribution >= 0.6 is 0 Å². The fourth-order valence-electron chi connectivity index (χ4n) is 2.82. The van der Waals surface area contributed by atoms with Crippen molar-refractivity contribution in [3.63, 3.8) is 0 Å². The maximum Gasteiger partial charge on any atom is 0.224 e. The van der Waals surface area contributed by atoms with Crippen molar-refractivity contribution in [2.45, 2.75) is 26.2 Å². The number of allylic oxidation sites excluding steroid dienone is 2. The van der Waals surface area contributed by atoms with Crippen molar-refractivity contribution < 1.29 is 4.79 Å². The van der Waals surface area contributed by atoms with Gasteiger partial charge in [0.25, 0.3) is 0 Å². The van der Waals surface area contributed by atoms with E-state index in [0.29, 0.717) is 11.8 Å². The minimum absolute atomic E-state index is 0.0955. The van der Waals surface area contributed by atoms with Gasteiger partial charge < -0.3 is 5.73 Å². The first-order valence-electron chi connectivity index (χ1n) is 4.67. The Bertz CT molecular complexity index is 246. The highest BCUT2D eigenvalue weighted by molar-refractivity contribution is 5.82. The molecule has 0 aromatic heterocycles. The van der Waals surface area contributed by atoms with E-state index in [1.807, 2.05) is 0 Å². The summed E-state index contributed by atoms with van der Waals surface area (Å²) in [5, 5.41) is 0. The van der Waals surface area contributed by atoms with Gasteiger partial charge in [-0.25, -0.2) is 0 Å². The molecule has 2 N–H and O–H groups in total. The van der Waals surface area contributed by atoms with Crippen LogP contribution in [0.1, 0.15) is 26.2 Å². The molecule has 0 aromatic rings. The first-order valence-corrected chi connectivity index (χ1v) is 4.67. The molecule has 0 unspecified atom stereocenters. The van der Waals surface area contributed by atoms with Gasteiger partial charge in [-0.05, 0) is 31.1 Å². The minimum Gasteiger partial charge on any atom is -0.369 e. The van der Waals surface area contributed by atoms with Gasteiger partial charge in [-0.1, -0.05) is 19.1 Å². The maximum absolute atomic E-state index is 11.3. The largest absolute Gasteiger partial charge is 0.369 e. The normalized spacial score (nSPS) is 43.8. The third-order valence-corrected chi connectivity index (χ3v) is 3.63. The average molecular weight is 165 g/mol. The Morgan fingerprint density at radius 2 is 2.42 bits per heavy atom. The lowest BCUT2D eigenvalue weighted by Crippen LogP contribution is -2.39. The van der Waals surface area contributed by atoms with Gasteiger partial charge in [-0.3, -0.25) is 4.79 Å². The molecule has 1 saturated carbocycles. The summed E-state index contributed by atoms with van der Waals surface area (Å²) < 4.78 is 0. The lowest BCUT2D eigenvalue weighted by atomic mass is 9.73. The van der Waals surface area contributed by atoms with Crippen LogP contribution < -0.4 is 5.73 Å². The highest BCUT2D eigenvalue weighted by Crippen LogP contribution is 2.53. The Kier molecular flexibility index (Phi) is 1.53. The molecule has 2 rings (SSSR count). The smallest absolute Gasteiger partial charge is 0.224 e. The van der Waals surface area contributed by atoms with Crippen LogP contribution in [0.3, 0.4) is 0 Å². The molecule has 2 nitrogen and oxygen atoms in total. The zero-order chi connectivity index (χ0) is 8.77. The van der Waals surface area contributed by atoms with E-state index in [1.165, 1.54) is 0 Å². The highest BCUT2D eigenvalue weighted by Gasteiger charge is 2.50. The van der Waals surface area contributed by atoms with Gasteiger partial charge in [0.05, 0.1) is 5.41 Å². The number of hydrogen-bond acceptors (Lipinski definition) is 1. The van der Waals surface area contributed by atoms with Gasteiger partial charge in [0.2, 0.25) is 5.91 Å². The van der Waals surface area contributed by atoms with Gasteiger partial charge in [-0.15, -0.1) is 0 Å². The predicted octanol–water partition coefficient (Wildman–Crippen LogP) is 1.46. The summed E-state index contributed by atoms with van der Waals surface area (Å²) in [7, 11) is 0. The van der Waals surface area contributed by atoms with E-state index in [-0.39, 0.29) is 11.3 Å². The number of amides is 1. The molecule has 2 bridgehead atoms. The third kappa shape index (κ3) is 0.780. The molecule has 0 saturated heterocycles. The SMILES string of the molecule is CC[C@@]1(C(N)=O)C[C@H]2C=C[C@@H]1C2. The number of hydrogen-bond donors (Lipinski definition) is 1. The topological polar surface area (TPSA) is 43.1 Å². The molecule has 12 heavy (non-hydrogen) atoms. The van der Waals surface area contributed by atoms with Crippen LogP contribution in [-0.4, -0.2) is 5.91 Å². The zero-order valence-corrected chi connectivity index (χ0v) is 7.42. The number of primary amides is 1. The van der Waals surface area contributed by atoms with E-state index >= 15 is 0 Å². The first kappa shape index (κ1) is 7.84. The Labute approximate surface area is 72.8 Å². The molecule has 2 heteroatoms. The number of carbonyl (C=O) groups is 1. The van der Waals surface area contributed by atoms with E-state index < -0.39 is 0 Å². The third-order valence-electron chi connectivity index (χ3n) is 3.63. The predicted molar refractivity (Wildman–Crippen MR) is 47.3 cm³/mol. The lowest BCUT2D eigenvalue weighted by molar-refractivity contribution is -0.129. The van der Waals surface area contributed by atoms with Gasteiger partial charge >= 0.3 is 0 Å². The van der Waals surface area contributed by atoms with Crippen molar-refractivity contribution in [3.8, 4) is 0 Å². The summed E-state index contributed by atoms with van der Waals surface area (Å²) >= 11 is 0. The minimum atomic E-state index is -0.195. The van der Waals surface area contributed by atoms with E-state index in [9.17, 15) is 4.79 Å². The molecular formula is C10H15NO. The molecule has 0 spiro atoms. The lowest BCUT2D eigenvalue weighted by Gasteiger charge is -2.30. The van der Waals surface area contributed by atoms with E-state index in [0.717, 1.165) is 19.3 Å². The molecule has 0 aromatic carbocycles. The number of rotatable bonds is 2. The molecule has 0 heterocycles. The van der Waals surface area contributed by atoms with E-state index in [4.69, 9.17) is 5.73 Å². The van der Waals surface area contributed by atoms with Crippen LogP contribution in [-0.2, 0) is 4.79 Å². The molecule has 3 atom stereocenters. The van der Waals surface area contributed by atoms with Crippen molar-refractivity contribution in [3.05, 3.63) is 12.2 Å². The summed E-state index contributed by atoms with van der Waals surface area (Å²) in [4.78, 5) is 11.3. The molecule has 0 aliphatic heterocycles. The Morgan fingerprint density at radius 3 is 2.67 bits per heavy atom. The fourth-order valence-corrected chi connectivity index (χ4v) is 2.82. The van der Waals surface area contributed by atoms with Crippen molar-refractivity contribution in [2.75, 3.05) is 0 Å². The average Bonchev–Trinajstić information content (AvgIpc) is 2.62. The summed E-state index contributed by atoms with van der Waals surface area (Å²) in [5.74, 6) is 0.967. The fraction of sp³-hybridized carbons (Fsp3) is 0.700. The summed E-state index contributed by atoms with van der Waals surface area (Å²) in [5.41, 5.74) is 5.26. The Morgan fingerprint density at radius 1 is 1.67 bits per heavy atom. The zero-order valence-electron chi connectivity index (χ0n) is 7.42. The van der Waals surface area contributed by atoms with E-state index in [2.05, 4.69) is 19.1 Å². The molecular weight excluding hydrogens is 150 g/mol. The van der Waals surface area contributed by atoms with Crippen molar-refractivity contribution in [1.82, 2.24) is 0 Å². The Hall–Kier alpha value is -0.790. The molecule has 0 radical (unpaired) electrons. The Balaban J connectivity index is 2.31. The van der Waals surface area contributed by atoms with Crippen molar-refractivity contribution in [2.24, 2.45) is 23.0 Å². The standard InChI is InChI=1S/C10H15NO/c1-2-10(9(11)12)6-7-3-4-8(10)5-7/h3-4,7-8H,2,5-6H2,1H3,(H2,11,12)/t7-,8+,10+/m0/s1. The monoisotopic (exact) mass is 165 g/mol. The van der Waals surface area contributed by atoms with E-state index in [1.54, 1.807) is 0 Å². The summed E-state index contributed by atoms with van der Waals surface area (Å²) in [6.07, 6.45) is 7.45. The molecule has 2 aliphatic rings. The van der Waals surface area contributed by atoms with Crippen LogP contribution in [0.2, 0.25) is 0 Å². The summed E-state index contributed by atoms with van der Waals surface area (Å²) in [6.45, 7) is 2.07. The highest BCUT2D eigenvalue weighted by atomic mass is 16.1. The number of fused-ring (bicyclic) bond motifs is 2. The second kappa shape index (κ2) is 2.35. The van der Waals surface area contributed by atoms with Crippen molar-refractivity contribution >= 4 is 5.91 Å². The number of carbonyl (C=O) groups excluding carboxylic acids is 1. The van der Waals surface area contributed by atoms with Crippen LogP contribution in [0.5, 0.6) is 0 Å². The molecule has 1 amide bonds. The van der Waals surface area contributed by atoms with Crippen LogP contribution in [0.4, 0.5) is 0 Å². The first-order chi connectivity index (χ1) is 5.69. The van der Waals surface area contributed by atoms with Crippen LogP contribution in [0.25, 0.3) is 0 Å². The van der Waals surface area contributed by atoms with Gasteiger partial charge in [0, 0.05) is 0 Å². The summed E-state index contributed by atoms with van der Waals surface area (Å²) in [6, 6.07) is 0. The molecule has 2 aliphatic carbocycles. The van der Waals surface area contributed by atoms with Crippen molar-refractivity contribution in [1.29, 1.82) is 0 Å². The van der Waals surface area contributed by atoms with Crippen LogP contribution in [0, 0.1) is 17.3 Å². The van der Waals surface area contributed by atoms with Crippen LogP contribution in [0.15, 0.2) is 12.2 Å². The molecule has 1 fully saturated rings. The maximum atomic E-state index is 11.3. The van der Waals surface area contributed by atoms with Gasteiger partial charge in [0.15, 0.2) is 0 Å². The second-order valence-corrected chi connectivity index (χ2v) is 4.07.